The second-order valence-corrected chi connectivity index (χ2v) is 6.37. The highest BCUT2D eigenvalue weighted by atomic mass is 35.5. The van der Waals surface area contributed by atoms with Gasteiger partial charge in [0.15, 0.2) is 0 Å². The van der Waals surface area contributed by atoms with Crippen LogP contribution in [-0.2, 0) is 0 Å². The highest BCUT2D eigenvalue weighted by molar-refractivity contribution is 7.14. The fourth-order valence-electron chi connectivity index (χ4n) is 1.67. The lowest BCUT2D eigenvalue weighted by Crippen LogP contribution is -2.36. The maximum Gasteiger partial charge on any atom is 0.261 e. The number of carbonyl (C=O) groups excluding carboxylic acids is 1. The first-order valence-corrected chi connectivity index (χ1v) is 7.23. The van der Waals surface area contributed by atoms with Crippen molar-refractivity contribution in [3.8, 4) is 0 Å². The molecule has 4 heteroatoms. The summed E-state index contributed by atoms with van der Waals surface area (Å²) in [7, 11) is 0. The topological polar surface area (TPSA) is 29.1 Å². The highest BCUT2D eigenvalue weighted by Crippen LogP contribution is 2.20. The normalized spacial score (nSPS) is 12.8. The number of hydrogen-bond acceptors (Lipinski definition) is 2. The predicted molar refractivity (Wildman–Crippen MR) is 75.2 cm³/mol. The molecule has 0 bridgehead atoms. The zero-order valence-corrected chi connectivity index (χ0v) is 12.4. The lowest BCUT2D eigenvalue weighted by atomic mass is 10.1. The van der Waals surface area contributed by atoms with Crippen molar-refractivity contribution in [2.24, 2.45) is 5.92 Å². The van der Waals surface area contributed by atoms with E-state index >= 15 is 0 Å². The van der Waals surface area contributed by atoms with Gasteiger partial charge in [-0.25, -0.2) is 0 Å². The van der Waals surface area contributed by atoms with Gasteiger partial charge in [0.2, 0.25) is 0 Å². The minimum Gasteiger partial charge on any atom is -0.347 e. The Morgan fingerprint density at radius 3 is 2.53 bits per heavy atom. The molecule has 1 heterocycles. The molecule has 0 aliphatic heterocycles. The van der Waals surface area contributed by atoms with E-state index in [1.807, 2.05) is 19.9 Å². The average molecular weight is 274 g/mol. The van der Waals surface area contributed by atoms with Gasteiger partial charge in [0.1, 0.15) is 0 Å². The van der Waals surface area contributed by atoms with Gasteiger partial charge in [0.25, 0.3) is 5.91 Å². The summed E-state index contributed by atoms with van der Waals surface area (Å²) in [4.78, 5) is 14.0. The van der Waals surface area contributed by atoms with Crippen molar-refractivity contribution in [1.82, 2.24) is 5.32 Å². The van der Waals surface area contributed by atoms with Crippen LogP contribution in [0.3, 0.4) is 0 Å². The molecule has 0 saturated carbocycles. The number of amides is 1. The smallest absolute Gasteiger partial charge is 0.261 e. The highest BCUT2D eigenvalue weighted by Gasteiger charge is 2.16. The van der Waals surface area contributed by atoms with Gasteiger partial charge in [0, 0.05) is 16.8 Å². The molecule has 0 saturated heterocycles. The van der Waals surface area contributed by atoms with Crippen molar-refractivity contribution < 1.29 is 4.79 Å². The van der Waals surface area contributed by atoms with Crippen LogP contribution < -0.4 is 5.32 Å². The number of halogens is 1. The second-order valence-electron chi connectivity index (χ2n) is 4.80. The van der Waals surface area contributed by atoms with E-state index in [-0.39, 0.29) is 11.9 Å². The van der Waals surface area contributed by atoms with Gasteiger partial charge in [-0.2, -0.15) is 0 Å². The fraction of sp³-hybridized carbons (Fsp3) is 0.615. The Morgan fingerprint density at radius 1 is 1.47 bits per heavy atom. The van der Waals surface area contributed by atoms with Crippen LogP contribution in [0.1, 0.15) is 40.4 Å². The van der Waals surface area contributed by atoms with Crippen LogP contribution in [0.5, 0.6) is 0 Å². The average Bonchev–Trinajstić information content (AvgIpc) is 2.57. The van der Waals surface area contributed by atoms with Crippen molar-refractivity contribution in [2.75, 3.05) is 5.88 Å². The Bertz CT molecular complexity index is 367. The molecule has 0 fully saturated rings. The zero-order valence-electron chi connectivity index (χ0n) is 10.8. The number of nitrogens with one attached hydrogen (secondary N) is 1. The first kappa shape index (κ1) is 14.5. The predicted octanol–water partition coefficient (Wildman–Crippen LogP) is 3.75. The molecule has 96 valence electrons. The molecule has 0 aliphatic carbocycles. The van der Waals surface area contributed by atoms with Crippen LogP contribution in [0, 0.1) is 19.8 Å². The number of alkyl halides is 1. The van der Waals surface area contributed by atoms with Gasteiger partial charge < -0.3 is 5.32 Å². The number of carbonyl (C=O) groups is 1. The summed E-state index contributed by atoms with van der Waals surface area (Å²) in [6.45, 7) is 8.32. The third-order valence-corrected chi connectivity index (χ3v) is 4.19. The van der Waals surface area contributed by atoms with Crippen molar-refractivity contribution in [1.29, 1.82) is 0 Å². The summed E-state index contributed by atoms with van der Waals surface area (Å²) in [5.41, 5.74) is 1.17. The first-order chi connectivity index (χ1) is 7.93. The van der Waals surface area contributed by atoms with E-state index in [9.17, 15) is 4.79 Å². The molecule has 0 spiro atoms. The Morgan fingerprint density at radius 2 is 2.12 bits per heavy atom. The maximum atomic E-state index is 12.0. The maximum absolute atomic E-state index is 12.0. The lowest BCUT2D eigenvalue weighted by Gasteiger charge is -2.17. The fourth-order valence-corrected chi connectivity index (χ4v) is 2.81. The van der Waals surface area contributed by atoms with E-state index < -0.39 is 0 Å². The molecule has 0 radical (unpaired) electrons. The molecule has 1 N–H and O–H groups in total. The summed E-state index contributed by atoms with van der Waals surface area (Å²) in [6.07, 6.45) is 0.915. The van der Waals surface area contributed by atoms with E-state index in [2.05, 4.69) is 19.2 Å². The molecule has 1 amide bonds. The lowest BCUT2D eigenvalue weighted by molar-refractivity contribution is 0.0940. The Hall–Kier alpha value is -0.540. The van der Waals surface area contributed by atoms with Gasteiger partial charge in [-0.15, -0.1) is 22.9 Å². The zero-order chi connectivity index (χ0) is 13.0. The van der Waals surface area contributed by atoms with Crippen molar-refractivity contribution in [3.05, 3.63) is 21.4 Å². The number of hydrogen-bond donors (Lipinski definition) is 1. The van der Waals surface area contributed by atoms with Gasteiger partial charge in [0.05, 0.1) is 4.88 Å². The first-order valence-electron chi connectivity index (χ1n) is 5.88. The Balaban J connectivity index is 2.64. The molecule has 2 nitrogen and oxygen atoms in total. The van der Waals surface area contributed by atoms with Crippen molar-refractivity contribution >= 4 is 28.8 Å². The summed E-state index contributed by atoms with van der Waals surface area (Å²) >= 11 is 7.41. The van der Waals surface area contributed by atoms with Gasteiger partial charge >= 0.3 is 0 Å². The van der Waals surface area contributed by atoms with E-state index in [0.29, 0.717) is 11.8 Å². The largest absolute Gasteiger partial charge is 0.347 e. The molecule has 1 aromatic rings. The van der Waals surface area contributed by atoms with Crippen molar-refractivity contribution in [3.63, 3.8) is 0 Å². The van der Waals surface area contributed by atoms with E-state index in [0.717, 1.165) is 11.3 Å². The molecule has 0 aliphatic rings. The van der Waals surface area contributed by atoms with Crippen molar-refractivity contribution in [2.45, 2.75) is 40.2 Å². The third-order valence-electron chi connectivity index (χ3n) is 2.67. The standard InChI is InChI=1S/C13H20ClNOS/c1-8(2)5-11(7-14)15-13(16)12-6-9(3)10(4)17-12/h6,8,11H,5,7H2,1-4H3,(H,15,16). The molecular weight excluding hydrogens is 254 g/mol. The van der Waals surface area contributed by atoms with Crippen LogP contribution >= 0.6 is 22.9 Å². The summed E-state index contributed by atoms with van der Waals surface area (Å²) < 4.78 is 0. The number of aryl methyl sites for hydroxylation is 2. The van der Waals surface area contributed by atoms with Crippen LogP contribution in [0.25, 0.3) is 0 Å². The monoisotopic (exact) mass is 273 g/mol. The molecule has 1 rings (SSSR count). The SMILES string of the molecule is Cc1cc(C(=O)NC(CCl)CC(C)C)sc1C. The van der Waals surface area contributed by atoms with E-state index in [1.54, 1.807) is 0 Å². The van der Waals surface area contributed by atoms with Crippen LogP contribution in [0.15, 0.2) is 6.07 Å². The molecule has 1 aromatic heterocycles. The molecule has 1 unspecified atom stereocenters. The molecule has 0 aromatic carbocycles. The number of rotatable bonds is 5. The van der Waals surface area contributed by atoms with Crippen LogP contribution in [0.4, 0.5) is 0 Å². The van der Waals surface area contributed by atoms with Gasteiger partial charge in [-0.3, -0.25) is 4.79 Å². The minimum atomic E-state index is -0.00231. The summed E-state index contributed by atoms with van der Waals surface area (Å²) in [6, 6.07) is 2.00. The Kier molecular flexibility index (Phi) is 5.47. The van der Waals surface area contributed by atoms with E-state index in [1.165, 1.54) is 21.8 Å². The quantitative estimate of drug-likeness (QED) is 0.814. The third kappa shape index (κ3) is 4.32. The summed E-state index contributed by atoms with van der Waals surface area (Å²) in [5, 5.41) is 2.99. The van der Waals surface area contributed by atoms with Gasteiger partial charge in [-0.1, -0.05) is 13.8 Å². The molecule has 17 heavy (non-hydrogen) atoms. The minimum absolute atomic E-state index is 0.00231. The summed E-state index contributed by atoms with van der Waals surface area (Å²) in [5.74, 6) is 0.996. The van der Waals surface area contributed by atoms with Gasteiger partial charge in [-0.05, 0) is 37.8 Å². The number of thiophene rings is 1. The van der Waals surface area contributed by atoms with E-state index in [4.69, 9.17) is 11.6 Å². The molecular formula is C13H20ClNOS. The van der Waals surface area contributed by atoms with Crippen LogP contribution in [0.2, 0.25) is 0 Å². The molecule has 1 atom stereocenters. The second kappa shape index (κ2) is 6.41. The van der Waals surface area contributed by atoms with Crippen LogP contribution in [-0.4, -0.2) is 17.8 Å². The Labute approximate surface area is 112 Å².